The molecule has 0 aromatic heterocycles. The zero-order valence-electron chi connectivity index (χ0n) is 20.1. The summed E-state index contributed by atoms with van der Waals surface area (Å²) in [5, 5.41) is 0.397. The van der Waals surface area contributed by atoms with Crippen LogP contribution >= 0.6 is 11.6 Å². The lowest BCUT2D eigenvalue weighted by Crippen LogP contribution is -2.36. The lowest BCUT2D eigenvalue weighted by molar-refractivity contribution is -0.113. The largest absolute Gasteiger partial charge is 0.490 e. The van der Waals surface area contributed by atoms with E-state index in [0.717, 1.165) is 9.87 Å². The van der Waals surface area contributed by atoms with Crippen molar-refractivity contribution in [1.29, 1.82) is 0 Å². The van der Waals surface area contributed by atoms with Crippen molar-refractivity contribution in [3.8, 4) is 11.5 Å². The van der Waals surface area contributed by atoms with Gasteiger partial charge in [0.25, 0.3) is 15.9 Å². The topological polar surface area (TPSA) is 72.9 Å². The van der Waals surface area contributed by atoms with E-state index >= 15 is 0 Å². The number of benzene rings is 3. The van der Waals surface area contributed by atoms with E-state index in [1.165, 1.54) is 30.3 Å². The molecule has 0 aliphatic carbocycles. The van der Waals surface area contributed by atoms with Crippen LogP contribution in [0.15, 0.2) is 71.6 Å². The molecule has 0 heterocycles. The molecule has 0 bridgehead atoms. The summed E-state index contributed by atoms with van der Waals surface area (Å²) in [6, 6.07) is 16.3. The van der Waals surface area contributed by atoms with Crippen molar-refractivity contribution in [1.82, 2.24) is 0 Å². The number of nitrogens with zero attached hydrogens (tertiary/aromatic N) is 1. The van der Waals surface area contributed by atoms with Gasteiger partial charge in [0.2, 0.25) is 0 Å². The van der Waals surface area contributed by atoms with Gasteiger partial charge in [0.15, 0.2) is 11.5 Å². The third-order valence-corrected chi connectivity index (χ3v) is 7.10. The summed E-state index contributed by atoms with van der Waals surface area (Å²) in [5.41, 5.74) is 2.42. The number of aryl methyl sites for hydroxylation is 2. The lowest BCUT2D eigenvalue weighted by Gasteiger charge is -2.23. The van der Waals surface area contributed by atoms with Crippen molar-refractivity contribution < 1.29 is 22.7 Å². The van der Waals surface area contributed by atoms with Crippen molar-refractivity contribution >= 4 is 39.3 Å². The molecule has 0 atom stereocenters. The predicted octanol–water partition coefficient (Wildman–Crippen LogP) is 6.19. The molecule has 3 aromatic carbocycles. The van der Waals surface area contributed by atoms with Crippen molar-refractivity contribution in [3.05, 3.63) is 88.5 Å². The smallest absolute Gasteiger partial charge is 0.271 e. The SMILES string of the molecule is CCOc1ccc(/C=C/C(=O)N(c2cc(C)ccc2C)S(=O)(=O)c2ccc(Cl)cc2)cc1OCC. The Balaban J connectivity index is 2.05. The van der Waals surface area contributed by atoms with Crippen LogP contribution in [0, 0.1) is 13.8 Å². The van der Waals surface area contributed by atoms with Gasteiger partial charge < -0.3 is 9.47 Å². The van der Waals surface area contributed by atoms with Gasteiger partial charge in [-0.3, -0.25) is 4.79 Å². The first-order valence-corrected chi connectivity index (χ1v) is 13.0. The first-order chi connectivity index (χ1) is 16.7. The molecule has 0 unspecified atom stereocenters. The van der Waals surface area contributed by atoms with Crippen LogP contribution in [0.25, 0.3) is 6.08 Å². The molecule has 0 saturated heterocycles. The maximum atomic E-state index is 13.6. The van der Waals surface area contributed by atoms with Crippen molar-refractivity contribution in [3.63, 3.8) is 0 Å². The number of carbonyl (C=O) groups is 1. The number of carbonyl (C=O) groups excluding carboxylic acids is 1. The molecule has 184 valence electrons. The molecule has 8 heteroatoms. The van der Waals surface area contributed by atoms with Gasteiger partial charge >= 0.3 is 0 Å². The Bertz CT molecular complexity index is 1330. The molecule has 0 aliphatic rings. The molecule has 3 aromatic rings. The van der Waals surface area contributed by atoms with E-state index in [9.17, 15) is 13.2 Å². The van der Waals surface area contributed by atoms with Crippen molar-refractivity contribution in [2.24, 2.45) is 0 Å². The third-order valence-electron chi connectivity index (χ3n) is 5.12. The third kappa shape index (κ3) is 6.24. The Labute approximate surface area is 211 Å². The fourth-order valence-electron chi connectivity index (χ4n) is 3.42. The second kappa shape index (κ2) is 11.4. The van der Waals surface area contributed by atoms with E-state index in [2.05, 4.69) is 0 Å². The highest BCUT2D eigenvalue weighted by molar-refractivity contribution is 7.93. The average Bonchev–Trinajstić information content (AvgIpc) is 2.82. The molecule has 0 saturated carbocycles. The summed E-state index contributed by atoms with van der Waals surface area (Å²) in [6.45, 7) is 8.28. The van der Waals surface area contributed by atoms with Crippen LogP contribution < -0.4 is 13.8 Å². The molecule has 3 rings (SSSR count). The van der Waals surface area contributed by atoms with Gasteiger partial charge in [0, 0.05) is 11.1 Å². The van der Waals surface area contributed by atoms with Crippen LogP contribution in [0.2, 0.25) is 5.02 Å². The van der Waals surface area contributed by atoms with Gasteiger partial charge in [0.1, 0.15) is 0 Å². The van der Waals surface area contributed by atoms with Crippen LogP contribution in [0.1, 0.15) is 30.5 Å². The highest BCUT2D eigenvalue weighted by Gasteiger charge is 2.31. The minimum absolute atomic E-state index is 0.0377. The summed E-state index contributed by atoms with van der Waals surface area (Å²) < 4.78 is 39.3. The Morgan fingerprint density at radius 3 is 2.23 bits per heavy atom. The molecule has 0 radical (unpaired) electrons. The molecule has 0 N–H and O–H groups in total. The summed E-state index contributed by atoms with van der Waals surface area (Å²) >= 11 is 5.94. The van der Waals surface area contributed by atoms with Crippen LogP contribution in [0.4, 0.5) is 5.69 Å². The molecule has 0 spiro atoms. The van der Waals surface area contributed by atoms with Gasteiger partial charge in [-0.15, -0.1) is 0 Å². The number of rotatable bonds is 9. The highest BCUT2D eigenvalue weighted by atomic mass is 35.5. The second-order valence-corrected chi connectivity index (χ2v) is 9.98. The first-order valence-electron chi connectivity index (χ1n) is 11.2. The maximum Gasteiger partial charge on any atom is 0.271 e. The quantitative estimate of drug-likeness (QED) is 0.319. The number of hydrogen-bond donors (Lipinski definition) is 0. The normalized spacial score (nSPS) is 11.5. The fourth-order valence-corrected chi connectivity index (χ4v) is 4.99. The second-order valence-electron chi connectivity index (χ2n) is 7.76. The van der Waals surface area contributed by atoms with Gasteiger partial charge in [-0.25, -0.2) is 8.42 Å². The number of hydrogen-bond acceptors (Lipinski definition) is 5. The van der Waals surface area contributed by atoms with Gasteiger partial charge in [-0.2, -0.15) is 4.31 Å². The lowest BCUT2D eigenvalue weighted by atomic mass is 10.1. The summed E-state index contributed by atoms with van der Waals surface area (Å²) in [5.74, 6) is 0.435. The monoisotopic (exact) mass is 513 g/mol. The summed E-state index contributed by atoms with van der Waals surface area (Å²) in [6.07, 6.45) is 2.79. The first kappa shape index (κ1) is 26.3. The molecule has 35 heavy (non-hydrogen) atoms. The number of anilines is 1. The Kier molecular flexibility index (Phi) is 8.59. The fraction of sp³-hybridized carbons (Fsp3) is 0.222. The molecule has 6 nitrogen and oxygen atoms in total. The molecular formula is C27H28ClNO5S. The van der Waals surface area contributed by atoms with E-state index in [-0.39, 0.29) is 10.6 Å². The molecule has 0 aliphatic heterocycles. The van der Waals surface area contributed by atoms with Crippen molar-refractivity contribution in [2.75, 3.05) is 17.5 Å². The van der Waals surface area contributed by atoms with E-state index in [1.807, 2.05) is 26.8 Å². The Morgan fingerprint density at radius 2 is 1.57 bits per heavy atom. The average molecular weight is 514 g/mol. The van der Waals surface area contributed by atoms with Crippen LogP contribution in [-0.2, 0) is 14.8 Å². The zero-order chi connectivity index (χ0) is 25.6. The number of halogens is 1. The van der Waals surface area contributed by atoms with Crippen LogP contribution in [0.3, 0.4) is 0 Å². The molecular weight excluding hydrogens is 486 g/mol. The number of ether oxygens (including phenoxy) is 2. The molecule has 0 fully saturated rings. The van der Waals surface area contributed by atoms with Crippen LogP contribution in [0.5, 0.6) is 11.5 Å². The predicted molar refractivity (Wildman–Crippen MR) is 140 cm³/mol. The van der Waals surface area contributed by atoms with Crippen LogP contribution in [-0.4, -0.2) is 27.5 Å². The Hall–Kier alpha value is -3.29. The summed E-state index contributed by atoms with van der Waals surface area (Å²) in [4.78, 5) is 13.4. The van der Waals surface area contributed by atoms with Gasteiger partial charge in [-0.05, 0) is 92.9 Å². The minimum atomic E-state index is -4.22. The van der Waals surface area contributed by atoms with E-state index < -0.39 is 15.9 Å². The summed E-state index contributed by atoms with van der Waals surface area (Å²) in [7, 11) is -4.22. The highest BCUT2D eigenvalue weighted by Crippen LogP contribution is 2.31. The van der Waals surface area contributed by atoms with E-state index in [0.29, 0.717) is 40.9 Å². The van der Waals surface area contributed by atoms with E-state index in [1.54, 1.807) is 43.3 Å². The maximum absolute atomic E-state index is 13.6. The minimum Gasteiger partial charge on any atom is -0.490 e. The molecule has 1 amide bonds. The number of amides is 1. The zero-order valence-corrected chi connectivity index (χ0v) is 21.7. The number of sulfonamides is 1. The van der Waals surface area contributed by atoms with Gasteiger partial charge in [-0.1, -0.05) is 29.8 Å². The van der Waals surface area contributed by atoms with Crippen molar-refractivity contribution in [2.45, 2.75) is 32.6 Å². The Morgan fingerprint density at radius 1 is 0.914 bits per heavy atom. The van der Waals surface area contributed by atoms with Gasteiger partial charge in [0.05, 0.1) is 23.8 Å². The van der Waals surface area contributed by atoms with E-state index in [4.69, 9.17) is 21.1 Å². The standard InChI is InChI=1S/C27H28ClNO5S/c1-5-33-25-15-9-21(18-26(25)34-6-2)10-16-27(30)29(24-17-19(3)7-8-20(24)4)35(31,32)23-13-11-22(28)12-14-23/h7-18H,5-6H2,1-4H3/b16-10+.